The van der Waals surface area contributed by atoms with Crippen molar-refractivity contribution in [1.82, 2.24) is 0 Å². The van der Waals surface area contributed by atoms with Crippen LogP contribution in [-0.4, -0.2) is 48.8 Å². The maximum absolute atomic E-state index is 13.6. The van der Waals surface area contributed by atoms with Crippen molar-refractivity contribution in [3.8, 4) is 0 Å². The molecule has 5 rings (SSSR count). The smallest absolute Gasteiger partial charge is 0.431 e. The molecule has 5 saturated carbocycles. The van der Waals surface area contributed by atoms with Gasteiger partial charge in [0.05, 0.1) is 18.4 Å². The molecule has 0 aromatic heterocycles. The van der Waals surface area contributed by atoms with Gasteiger partial charge in [0.1, 0.15) is 6.10 Å². The normalized spacial score (nSPS) is 35.1. The summed E-state index contributed by atoms with van der Waals surface area (Å²) in [6.07, 6.45) is 5.30. The molecular formula is C23H32F4O7S. The van der Waals surface area contributed by atoms with E-state index in [1.807, 2.05) is 0 Å². The minimum atomic E-state index is -6.31. The molecule has 200 valence electrons. The molecule has 0 saturated heterocycles. The summed E-state index contributed by atoms with van der Waals surface area (Å²) in [5, 5.41) is -5.65. The Hall–Kier alpha value is -1.43. The first-order valence-corrected chi connectivity index (χ1v) is 13.8. The first kappa shape index (κ1) is 26.6. The fourth-order valence-electron chi connectivity index (χ4n) is 6.89. The van der Waals surface area contributed by atoms with E-state index in [-0.39, 0.29) is 6.10 Å². The van der Waals surface area contributed by atoms with E-state index in [0.29, 0.717) is 31.1 Å². The quantitative estimate of drug-likeness (QED) is 0.202. The van der Waals surface area contributed by atoms with Gasteiger partial charge in [-0.15, -0.1) is 0 Å². The van der Waals surface area contributed by atoms with Crippen LogP contribution in [0.2, 0.25) is 0 Å². The molecule has 0 aromatic carbocycles. The van der Waals surface area contributed by atoms with Gasteiger partial charge in [-0.3, -0.25) is 14.1 Å². The molecule has 4 bridgehead atoms. The SMILES string of the molecule is O=C(OCCCC(F)(F)C(F)(F)S(=O)(=O)O)C1CCCCC1C(=O)OC1C2CC3CC(C2)CC1C3. The van der Waals surface area contributed by atoms with Gasteiger partial charge < -0.3 is 9.47 Å². The third-order valence-electron chi connectivity index (χ3n) is 8.39. The highest BCUT2D eigenvalue weighted by Crippen LogP contribution is 2.55. The predicted molar refractivity (Wildman–Crippen MR) is 114 cm³/mol. The first-order chi connectivity index (χ1) is 16.3. The summed E-state index contributed by atoms with van der Waals surface area (Å²) in [5.41, 5.74) is 0. The van der Waals surface area contributed by atoms with Crippen LogP contribution in [0.4, 0.5) is 17.6 Å². The van der Waals surface area contributed by atoms with Gasteiger partial charge in [0.25, 0.3) is 0 Å². The van der Waals surface area contributed by atoms with Crippen molar-refractivity contribution >= 4 is 22.1 Å². The Labute approximate surface area is 202 Å². The van der Waals surface area contributed by atoms with Crippen LogP contribution in [0.25, 0.3) is 0 Å². The molecule has 2 atom stereocenters. The van der Waals surface area contributed by atoms with E-state index < -0.39 is 64.5 Å². The van der Waals surface area contributed by atoms with Crippen LogP contribution >= 0.6 is 0 Å². The lowest BCUT2D eigenvalue weighted by Crippen LogP contribution is -2.51. The van der Waals surface area contributed by atoms with Gasteiger partial charge in [0.2, 0.25) is 0 Å². The third-order valence-corrected chi connectivity index (χ3v) is 9.34. The second-order valence-electron chi connectivity index (χ2n) is 10.8. The number of hydrogen-bond donors (Lipinski definition) is 1. The van der Waals surface area contributed by atoms with Gasteiger partial charge in [-0.05, 0) is 75.0 Å². The molecule has 2 unspecified atom stereocenters. The molecule has 0 amide bonds. The number of rotatable bonds is 9. The van der Waals surface area contributed by atoms with Crippen molar-refractivity contribution < 1.29 is 49.6 Å². The number of hydrogen-bond acceptors (Lipinski definition) is 6. The van der Waals surface area contributed by atoms with Crippen LogP contribution < -0.4 is 0 Å². The molecule has 1 N–H and O–H groups in total. The Kier molecular flexibility index (Phi) is 7.45. The van der Waals surface area contributed by atoms with Gasteiger partial charge in [-0.25, -0.2) is 0 Å². The summed E-state index contributed by atoms with van der Waals surface area (Å²) >= 11 is 0. The lowest BCUT2D eigenvalue weighted by Gasteiger charge is -2.53. The lowest BCUT2D eigenvalue weighted by atomic mass is 9.55. The first-order valence-electron chi connectivity index (χ1n) is 12.4. The summed E-state index contributed by atoms with van der Waals surface area (Å²) in [7, 11) is -6.31. The van der Waals surface area contributed by atoms with E-state index in [2.05, 4.69) is 0 Å². The van der Waals surface area contributed by atoms with E-state index >= 15 is 0 Å². The summed E-state index contributed by atoms with van der Waals surface area (Å²) in [6.45, 7) is -0.649. The van der Waals surface area contributed by atoms with E-state index in [4.69, 9.17) is 14.0 Å². The van der Waals surface area contributed by atoms with Crippen LogP contribution in [0.1, 0.15) is 70.6 Å². The molecule has 35 heavy (non-hydrogen) atoms. The highest BCUT2D eigenvalue weighted by atomic mass is 32.2. The summed E-state index contributed by atoms with van der Waals surface area (Å²) in [6, 6.07) is 0. The fraction of sp³-hybridized carbons (Fsp3) is 0.913. The molecule has 0 radical (unpaired) electrons. The number of alkyl halides is 4. The van der Waals surface area contributed by atoms with Crippen LogP contribution in [0, 0.1) is 35.5 Å². The minimum absolute atomic E-state index is 0.124. The fourth-order valence-corrected chi connectivity index (χ4v) is 7.37. The van der Waals surface area contributed by atoms with Crippen molar-refractivity contribution in [3.05, 3.63) is 0 Å². The Morgan fingerprint density at radius 3 is 1.89 bits per heavy atom. The summed E-state index contributed by atoms with van der Waals surface area (Å²) in [4.78, 5) is 25.7. The van der Waals surface area contributed by atoms with Gasteiger partial charge in [-0.1, -0.05) is 12.8 Å². The van der Waals surface area contributed by atoms with E-state index in [0.717, 1.165) is 43.9 Å². The maximum Gasteiger partial charge on any atom is 0.431 e. The van der Waals surface area contributed by atoms with Crippen LogP contribution in [-0.2, 0) is 29.2 Å². The predicted octanol–water partition coefficient (Wildman–Crippen LogP) is 4.60. The van der Waals surface area contributed by atoms with Crippen molar-refractivity contribution in [1.29, 1.82) is 0 Å². The molecule has 5 fully saturated rings. The zero-order valence-electron chi connectivity index (χ0n) is 19.3. The highest BCUT2D eigenvalue weighted by molar-refractivity contribution is 7.87. The van der Waals surface area contributed by atoms with E-state index in [9.17, 15) is 35.6 Å². The zero-order chi connectivity index (χ0) is 25.6. The van der Waals surface area contributed by atoms with Crippen molar-refractivity contribution in [3.63, 3.8) is 0 Å². The van der Waals surface area contributed by atoms with Crippen LogP contribution in [0.3, 0.4) is 0 Å². The number of ether oxygens (including phenoxy) is 2. The summed E-state index contributed by atoms with van der Waals surface area (Å²) in [5.74, 6) is -5.57. The lowest BCUT2D eigenvalue weighted by molar-refractivity contribution is -0.182. The minimum Gasteiger partial charge on any atom is -0.465 e. The Morgan fingerprint density at radius 2 is 1.37 bits per heavy atom. The number of halogens is 4. The van der Waals surface area contributed by atoms with Crippen LogP contribution in [0.5, 0.6) is 0 Å². The summed E-state index contributed by atoms with van der Waals surface area (Å²) < 4.78 is 94.2. The van der Waals surface area contributed by atoms with Gasteiger partial charge in [0.15, 0.2) is 0 Å². The molecule has 5 aliphatic carbocycles. The van der Waals surface area contributed by atoms with E-state index in [1.165, 1.54) is 6.42 Å². The second kappa shape index (κ2) is 9.79. The molecule has 5 aliphatic rings. The highest BCUT2D eigenvalue weighted by Gasteiger charge is 2.65. The van der Waals surface area contributed by atoms with Crippen molar-refractivity contribution in [2.45, 2.75) is 87.9 Å². The van der Waals surface area contributed by atoms with Gasteiger partial charge in [0, 0.05) is 6.42 Å². The maximum atomic E-state index is 13.6. The average Bonchev–Trinajstić information content (AvgIpc) is 2.77. The topological polar surface area (TPSA) is 107 Å². The largest absolute Gasteiger partial charge is 0.465 e. The van der Waals surface area contributed by atoms with E-state index in [1.54, 1.807) is 0 Å². The van der Waals surface area contributed by atoms with Gasteiger partial charge in [-0.2, -0.15) is 26.0 Å². The Balaban J connectivity index is 1.29. The van der Waals surface area contributed by atoms with Crippen molar-refractivity contribution in [2.24, 2.45) is 35.5 Å². The Bertz CT molecular complexity index is 895. The molecule has 0 heterocycles. The zero-order valence-corrected chi connectivity index (χ0v) is 20.2. The van der Waals surface area contributed by atoms with Crippen molar-refractivity contribution in [2.75, 3.05) is 6.61 Å². The molecule has 0 aromatic rings. The molecule has 12 heteroatoms. The number of carbonyl (C=O) groups is 2. The second-order valence-corrected chi connectivity index (χ2v) is 12.3. The third kappa shape index (κ3) is 5.33. The Morgan fingerprint density at radius 1 is 0.857 bits per heavy atom. The van der Waals surface area contributed by atoms with Crippen LogP contribution in [0.15, 0.2) is 0 Å². The average molecular weight is 529 g/mol. The van der Waals surface area contributed by atoms with Gasteiger partial charge >= 0.3 is 33.2 Å². The molecule has 7 nitrogen and oxygen atoms in total. The number of esters is 2. The number of carbonyl (C=O) groups excluding carboxylic acids is 2. The molecule has 0 spiro atoms. The molecule has 0 aliphatic heterocycles. The monoisotopic (exact) mass is 528 g/mol. The standard InChI is InChI=1S/C23H32F4O7S/c24-22(25,23(26,27)35(30,31)32)6-3-7-33-20(28)17-4-1-2-5-18(17)21(29)34-19-15-9-13-8-14(11-15)12-16(19)10-13/h13-19H,1-12H2,(H,30,31,32). The molecular weight excluding hydrogens is 496 g/mol.